The van der Waals surface area contributed by atoms with Gasteiger partial charge in [-0.05, 0) is 44.0 Å². The number of thioether (sulfide) groups is 1. The van der Waals surface area contributed by atoms with Crippen molar-refractivity contribution in [2.75, 3.05) is 4.90 Å². The van der Waals surface area contributed by atoms with Crippen LogP contribution in [-0.4, -0.2) is 25.7 Å². The fourth-order valence-corrected chi connectivity index (χ4v) is 5.19. The van der Waals surface area contributed by atoms with Crippen LogP contribution in [0.3, 0.4) is 0 Å². The molecule has 0 radical (unpaired) electrons. The first-order valence-electron chi connectivity index (χ1n) is 9.85. The normalized spacial score (nSPS) is 11.0. The lowest BCUT2D eigenvalue weighted by molar-refractivity contribution is -0.115. The van der Waals surface area contributed by atoms with Crippen LogP contribution in [0.4, 0.5) is 10.8 Å². The minimum absolute atomic E-state index is 0.0557. The van der Waals surface area contributed by atoms with E-state index in [1.54, 1.807) is 29.9 Å². The zero-order valence-electron chi connectivity index (χ0n) is 17.9. The van der Waals surface area contributed by atoms with Gasteiger partial charge in [-0.2, -0.15) is 0 Å². The van der Waals surface area contributed by atoms with Crippen molar-refractivity contribution in [1.29, 1.82) is 0 Å². The molecule has 0 unspecified atom stereocenters. The van der Waals surface area contributed by atoms with E-state index >= 15 is 0 Å². The molecule has 4 rings (SSSR count). The van der Waals surface area contributed by atoms with Gasteiger partial charge in [-0.1, -0.05) is 47.7 Å². The third-order valence-electron chi connectivity index (χ3n) is 4.88. The maximum absolute atomic E-state index is 12.4. The maximum Gasteiger partial charge on any atom is 0.230 e. The smallest absolute Gasteiger partial charge is 0.230 e. The van der Waals surface area contributed by atoms with Crippen molar-refractivity contribution in [3.63, 3.8) is 0 Å². The highest BCUT2D eigenvalue weighted by Crippen LogP contribution is 2.33. The van der Waals surface area contributed by atoms with Crippen LogP contribution in [-0.2, 0) is 10.5 Å². The molecule has 158 valence electrons. The van der Waals surface area contributed by atoms with Gasteiger partial charge in [-0.25, -0.2) is 4.98 Å². The lowest BCUT2D eigenvalue weighted by atomic mass is 10.1. The molecule has 0 atom stereocenters. The van der Waals surface area contributed by atoms with E-state index in [0.717, 1.165) is 33.4 Å². The van der Waals surface area contributed by atoms with Gasteiger partial charge in [0.2, 0.25) is 5.91 Å². The van der Waals surface area contributed by atoms with Crippen LogP contribution in [0.25, 0.3) is 5.69 Å². The molecule has 0 N–H and O–H groups in total. The third kappa shape index (κ3) is 4.55. The Hall–Kier alpha value is -2.97. The topological polar surface area (TPSA) is 63.9 Å². The Balaban J connectivity index is 1.54. The average molecular weight is 450 g/mol. The van der Waals surface area contributed by atoms with Gasteiger partial charge >= 0.3 is 0 Å². The highest BCUT2D eigenvalue weighted by Gasteiger charge is 2.20. The second-order valence-electron chi connectivity index (χ2n) is 7.32. The number of para-hydroxylation sites is 1. The summed E-state index contributed by atoms with van der Waals surface area (Å²) < 4.78 is 1.99. The van der Waals surface area contributed by atoms with Crippen molar-refractivity contribution in [1.82, 2.24) is 19.7 Å². The predicted molar refractivity (Wildman–Crippen MR) is 127 cm³/mol. The fraction of sp³-hybridized carbons (Fsp3) is 0.217. The summed E-state index contributed by atoms with van der Waals surface area (Å²) in [7, 11) is 0. The van der Waals surface area contributed by atoms with Crippen LogP contribution in [0.2, 0.25) is 0 Å². The van der Waals surface area contributed by atoms with Crippen LogP contribution in [0, 0.1) is 20.8 Å². The minimum atomic E-state index is -0.0557. The molecule has 0 saturated heterocycles. The number of rotatable bonds is 6. The molecule has 1 amide bonds. The van der Waals surface area contributed by atoms with Crippen molar-refractivity contribution >= 4 is 39.8 Å². The molecule has 4 aromatic rings. The number of benzene rings is 2. The summed E-state index contributed by atoms with van der Waals surface area (Å²) >= 11 is 3.05. The predicted octanol–water partition coefficient (Wildman–Crippen LogP) is 5.63. The van der Waals surface area contributed by atoms with Crippen LogP contribution in [0.15, 0.2) is 59.3 Å². The largest absolute Gasteiger partial charge is 0.276 e. The van der Waals surface area contributed by atoms with Gasteiger partial charge in [-0.3, -0.25) is 14.3 Å². The Bertz CT molecular complexity index is 1230. The van der Waals surface area contributed by atoms with Gasteiger partial charge in [0.15, 0.2) is 10.3 Å². The highest BCUT2D eigenvalue weighted by atomic mass is 32.2. The van der Waals surface area contributed by atoms with Gasteiger partial charge in [0.05, 0.1) is 17.1 Å². The molecule has 6 nitrogen and oxygen atoms in total. The summed E-state index contributed by atoms with van der Waals surface area (Å²) in [5.74, 6) is 0.583. The van der Waals surface area contributed by atoms with Crippen LogP contribution >= 0.6 is 23.1 Å². The van der Waals surface area contributed by atoms with Crippen molar-refractivity contribution in [2.45, 2.75) is 38.6 Å². The quantitative estimate of drug-likeness (QED) is 0.357. The van der Waals surface area contributed by atoms with E-state index in [4.69, 9.17) is 4.98 Å². The summed E-state index contributed by atoms with van der Waals surface area (Å²) in [5.41, 5.74) is 6.20. The Morgan fingerprint density at radius 1 is 1.13 bits per heavy atom. The molecule has 0 aliphatic rings. The van der Waals surface area contributed by atoms with Crippen molar-refractivity contribution in [2.24, 2.45) is 0 Å². The first-order valence-corrected chi connectivity index (χ1v) is 11.7. The van der Waals surface area contributed by atoms with Gasteiger partial charge in [0.1, 0.15) is 6.33 Å². The summed E-state index contributed by atoms with van der Waals surface area (Å²) in [4.78, 5) is 18.9. The van der Waals surface area contributed by atoms with E-state index < -0.39 is 0 Å². The summed E-state index contributed by atoms with van der Waals surface area (Å²) in [5, 5.41) is 11.8. The summed E-state index contributed by atoms with van der Waals surface area (Å²) in [6.45, 7) is 7.70. The van der Waals surface area contributed by atoms with Crippen molar-refractivity contribution in [3.05, 3.63) is 76.6 Å². The molecule has 31 heavy (non-hydrogen) atoms. The Morgan fingerprint density at radius 2 is 1.94 bits per heavy atom. The molecule has 0 bridgehead atoms. The number of aryl methyl sites for hydroxylation is 3. The number of carbonyl (C=O) groups is 1. The molecular formula is C23H23N5OS2. The second kappa shape index (κ2) is 9.03. The first kappa shape index (κ1) is 21.3. The molecule has 0 aliphatic heterocycles. The number of hydrogen-bond donors (Lipinski definition) is 0. The molecule has 0 fully saturated rings. The number of carbonyl (C=O) groups excluding carboxylic acids is 1. The van der Waals surface area contributed by atoms with Crippen molar-refractivity contribution < 1.29 is 4.79 Å². The second-order valence-corrected chi connectivity index (χ2v) is 9.10. The molecule has 2 heterocycles. The van der Waals surface area contributed by atoms with Gasteiger partial charge in [0, 0.05) is 18.1 Å². The molecule has 0 aliphatic carbocycles. The van der Waals surface area contributed by atoms with E-state index in [-0.39, 0.29) is 5.91 Å². The summed E-state index contributed by atoms with van der Waals surface area (Å²) in [6, 6.07) is 14.2. The number of anilines is 2. The number of hydrogen-bond acceptors (Lipinski definition) is 6. The Kier molecular flexibility index (Phi) is 6.20. The molecule has 0 spiro atoms. The lowest BCUT2D eigenvalue weighted by Gasteiger charge is -2.20. The van der Waals surface area contributed by atoms with E-state index in [1.807, 2.05) is 48.1 Å². The maximum atomic E-state index is 12.4. The van der Waals surface area contributed by atoms with Crippen LogP contribution in [0.1, 0.15) is 29.3 Å². The number of nitrogens with zero attached hydrogens (tertiary/aromatic N) is 5. The standard InChI is InChI=1S/C23H23N5OS2/c1-15-9-10-21(17(3)11-15)28(18(4)29)22-25-19(12-30-22)13-31-23-26-24-14-27(23)20-8-6-5-7-16(20)2/h5-12,14H,13H2,1-4H3. The third-order valence-corrected chi connectivity index (χ3v) is 6.73. The highest BCUT2D eigenvalue weighted by molar-refractivity contribution is 7.98. The summed E-state index contributed by atoms with van der Waals surface area (Å²) in [6.07, 6.45) is 1.73. The van der Waals surface area contributed by atoms with E-state index in [2.05, 4.69) is 35.3 Å². The van der Waals surface area contributed by atoms with Crippen molar-refractivity contribution in [3.8, 4) is 5.69 Å². The molecule has 2 aromatic carbocycles. The molecule has 0 saturated carbocycles. The fourth-order valence-electron chi connectivity index (χ4n) is 3.39. The Morgan fingerprint density at radius 3 is 2.68 bits per heavy atom. The number of amides is 1. The van der Waals surface area contributed by atoms with E-state index in [0.29, 0.717) is 10.9 Å². The van der Waals surface area contributed by atoms with Crippen LogP contribution < -0.4 is 4.90 Å². The van der Waals surface area contributed by atoms with E-state index in [9.17, 15) is 4.79 Å². The zero-order chi connectivity index (χ0) is 22.0. The molecular weight excluding hydrogens is 426 g/mol. The van der Waals surface area contributed by atoms with Crippen LogP contribution in [0.5, 0.6) is 0 Å². The Labute approximate surface area is 190 Å². The lowest BCUT2D eigenvalue weighted by Crippen LogP contribution is -2.23. The monoisotopic (exact) mass is 449 g/mol. The zero-order valence-corrected chi connectivity index (χ0v) is 19.5. The van der Waals surface area contributed by atoms with Gasteiger partial charge < -0.3 is 0 Å². The number of aromatic nitrogens is 4. The molecule has 2 aromatic heterocycles. The first-order chi connectivity index (χ1) is 14.9. The molecule has 8 heteroatoms. The minimum Gasteiger partial charge on any atom is -0.276 e. The van der Waals surface area contributed by atoms with Gasteiger partial charge in [-0.15, -0.1) is 21.5 Å². The SMILES string of the molecule is CC(=O)N(c1nc(CSc2nncn2-c2ccccc2C)cs1)c1ccc(C)cc1C. The number of thiazole rings is 1. The van der Waals surface area contributed by atoms with E-state index in [1.165, 1.54) is 16.9 Å². The van der Waals surface area contributed by atoms with Gasteiger partial charge in [0.25, 0.3) is 0 Å². The average Bonchev–Trinajstić information content (AvgIpc) is 3.38.